The second kappa shape index (κ2) is 4.97. The normalized spacial score (nSPS) is 24.9. The van der Waals surface area contributed by atoms with Crippen LogP contribution < -0.4 is 0 Å². The Labute approximate surface area is 82.3 Å². The molecule has 0 amide bonds. The van der Waals surface area contributed by atoms with Gasteiger partial charge in [0.05, 0.1) is 12.7 Å². The zero-order valence-corrected chi connectivity index (χ0v) is 9.42. The van der Waals surface area contributed by atoms with Crippen molar-refractivity contribution in [2.45, 2.75) is 58.7 Å². The van der Waals surface area contributed by atoms with Crippen LogP contribution in [0.15, 0.2) is 0 Å². The van der Waals surface area contributed by atoms with E-state index in [2.05, 4.69) is 32.6 Å². The van der Waals surface area contributed by atoms with E-state index in [9.17, 15) is 0 Å². The third-order valence-corrected chi connectivity index (χ3v) is 2.71. The van der Waals surface area contributed by atoms with Crippen molar-refractivity contribution in [2.24, 2.45) is 0 Å². The lowest BCUT2D eigenvalue weighted by Gasteiger charge is -2.28. The Morgan fingerprint density at radius 3 is 2.54 bits per heavy atom. The van der Waals surface area contributed by atoms with Crippen LogP contribution in [-0.2, 0) is 4.74 Å². The van der Waals surface area contributed by atoms with Crippen LogP contribution in [0.3, 0.4) is 0 Å². The van der Waals surface area contributed by atoms with E-state index in [0.717, 1.165) is 6.61 Å². The lowest BCUT2D eigenvalue weighted by molar-refractivity contribution is 0.0299. The van der Waals surface area contributed by atoms with Crippen LogP contribution in [0.25, 0.3) is 0 Å². The van der Waals surface area contributed by atoms with E-state index in [0.29, 0.717) is 18.2 Å². The summed E-state index contributed by atoms with van der Waals surface area (Å²) in [6.07, 6.45) is 3.02. The lowest BCUT2D eigenvalue weighted by Crippen LogP contribution is -2.38. The smallest absolute Gasteiger partial charge is 0.0625 e. The molecule has 0 radical (unpaired) electrons. The molecule has 0 bridgehead atoms. The Kier molecular flexibility index (Phi) is 4.20. The molecule has 1 fully saturated rings. The molecule has 13 heavy (non-hydrogen) atoms. The molecule has 78 valence electrons. The van der Waals surface area contributed by atoms with E-state index in [1.54, 1.807) is 0 Å². The van der Waals surface area contributed by atoms with Gasteiger partial charge in [0.15, 0.2) is 0 Å². The van der Waals surface area contributed by atoms with Crippen LogP contribution in [0.4, 0.5) is 0 Å². The van der Waals surface area contributed by atoms with Crippen LogP contribution in [0.5, 0.6) is 0 Å². The second-order valence-corrected chi connectivity index (χ2v) is 4.51. The number of likely N-dealkylation sites (tertiary alicyclic amines) is 1. The van der Waals surface area contributed by atoms with Gasteiger partial charge in [-0.05, 0) is 47.1 Å². The molecule has 0 aromatic heterocycles. The molecule has 0 saturated carbocycles. The third-order valence-electron chi connectivity index (χ3n) is 2.71. The van der Waals surface area contributed by atoms with Gasteiger partial charge in [-0.1, -0.05) is 0 Å². The van der Waals surface area contributed by atoms with Crippen LogP contribution >= 0.6 is 0 Å². The third kappa shape index (κ3) is 3.28. The summed E-state index contributed by atoms with van der Waals surface area (Å²) < 4.78 is 5.66. The van der Waals surface area contributed by atoms with Gasteiger partial charge in [-0.25, -0.2) is 0 Å². The Balaban J connectivity index is 2.31. The molecule has 1 rings (SSSR count). The summed E-state index contributed by atoms with van der Waals surface area (Å²) in [6.45, 7) is 10.9. The summed E-state index contributed by atoms with van der Waals surface area (Å²) in [5, 5.41) is 0. The Hall–Kier alpha value is -0.0800. The van der Waals surface area contributed by atoms with Crippen molar-refractivity contribution in [3.05, 3.63) is 0 Å². The lowest BCUT2D eigenvalue weighted by atomic mass is 10.2. The number of ether oxygens (including phenoxy) is 1. The van der Waals surface area contributed by atoms with Gasteiger partial charge in [0.25, 0.3) is 0 Å². The van der Waals surface area contributed by atoms with Gasteiger partial charge in [-0.15, -0.1) is 0 Å². The summed E-state index contributed by atoms with van der Waals surface area (Å²) in [5.74, 6) is 0. The topological polar surface area (TPSA) is 12.5 Å². The minimum absolute atomic E-state index is 0.370. The highest BCUT2D eigenvalue weighted by molar-refractivity contribution is 4.81. The Bertz CT molecular complexity index is 145. The standard InChI is InChI=1S/C11H23NO/c1-9(2)12-7-5-6-11(12)8-13-10(3)4/h9-11H,5-8H2,1-4H3. The van der Waals surface area contributed by atoms with Gasteiger partial charge in [0.1, 0.15) is 0 Å². The van der Waals surface area contributed by atoms with Gasteiger partial charge in [-0.2, -0.15) is 0 Å². The average Bonchev–Trinajstić information content (AvgIpc) is 2.47. The van der Waals surface area contributed by atoms with Gasteiger partial charge >= 0.3 is 0 Å². The van der Waals surface area contributed by atoms with Crippen molar-refractivity contribution >= 4 is 0 Å². The number of hydrogen-bond donors (Lipinski definition) is 0. The van der Waals surface area contributed by atoms with Crippen molar-refractivity contribution in [1.82, 2.24) is 4.90 Å². The first-order chi connectivity index (χ1) is 6.11. The summed E-state index contributed by atoms with van der Waals surface area (Å²) in [4.78, 5) is 2.56. The summed E-state index contributed by atoms with van der Waals surface area (Å²) in [5.41, 5.74) is 0. The van der Waals surface area contributed by atoms with Crippen molar-refractivity contribution in [3.63, 3.8) is 0 Å². The van der Waals surface area contributed by atoms with E-state index in [4.69, 9.17) is 4.74 Å². The molecule has 1 aliphatic heterocycles. The predicted octanol–water partition coefficient (Wildman–Crippen LogP) is 2.28. The molecule has 1 aliphatic rings. The summed E-state index contributed by atoms with van der Waals surface area (Å²) >= 11 is 0. The fraction of sp³-hybridized carbons (Fsp3) is 1.00. The summed E-state index contributed by atoms with van der Waals surface area (Å²) in [6, 6.07) is 1.34. The first-order valence-electron chi connectivity index (χ1n) is 5.48. The van der Waals surface area contributed by atoms with Crippen LogP contribution in [-0.4, -0.2) is 36.2 Å². The first-order valence-corrected chi connectivity index (χ1v) is 5.48. The number of nitrogens with zero attached hydrogens (tertiary/aromatic N) is 1. The molecule has 1 heterocycles. The average molecular weight is 185 g/mol. The van der Waals surface area contributed by atoms with E-state index in [1.165, 1.54) is 19.4 Å². The van der Waals surface area contributed by atoms with Crippen molar-refractivity contribution in [2.75, 3.05) is 13.2 Å². The maximum atomic E-state index is 5.66. The maximum Gasteiger partial charge on any atom is 0.0625 e. The molecule has 1 unspecified atom stereocenters. The van der Waals surface area contributed by atoms with Crippen molar-refractivity contribution < 1.29 is 4.74 Å². The van der Waals surface area contributed by atoms with Gasteiger partial charge in [0, 0.05) is 12.1 Å². The van der Waals surface area contributed by atoms with Crippen LogP contribution in [0.1, 0.15) is 40.5 Å². The highest BCUT2D eigenvalue weighted by Gasteiger charge is 2.26. The number of rotatable bonds is 4. The minimum Gasteiger partial charge on any atom is -0.377 e. The zero-order valence-electron chi connectivity index (χ0n) is 9.42. The molecule has 0 N–H and O–H groups in total. The SMILES string of the molecule is CC(C)OCC1CCCN1C(C)C. The molecule has 2 heteroatoms. The molecule has 0 aromatic carbocycles. The maximum absolute atomic E-state index is 5.66. The van der Waals surface area contributed by atoms with E-state index >= 15 is 0 Å². The molecular weight excluding hydrogens is 162 g/mol. The van der Waals surface area contributed by atoms with E-state index in [1.807, 2.05) is 0 Å². The highest BCUT2D eigenvalue weighted by Crippen LogP contribution is 2.20. The van der Waals surface area contributed by atoms with E-state index < -0.39 is 0 Å². The molecule has 2 nitrogen and oxygen atoms in total. The van der Waals surface area contributed by atoms with Gasteiger partial charge in [-0.3, -0.25) is 4.90 Å². The fourth-order valence-corrected chi connectivity index (χ4v) is 2.02. The quantitative estimate of drug-likeness (QED) is 0.666. The summed E-state index contributed by atoms with van der Waals surface area (Å²) in [7, 11) is 0. The minimum atomic E-state index is 0.370. The molecule has 0 spiro atoms. The zero-order chi connectivity index (χ0) is 9.84. The Morgan fingerprint density at radius 2 is 2.00 bits per heavy atom. The van der Waals surface area contributed by atoms with E-state index in [-0.39, 0.29) is 0 Å². The van der Waals surface area contributed by atoms with Gasteiger partial charge in [0.2, 0.25) is 0 Å². The van der Waals surface area contributed by atoms with Crippen molar-refractivity contribution in [3.8, 4) is 0 Å². The first kappa shape index (κ1) is 11.0. The molecule has 1 saturated heterocycles. The molecular formula is C11H23NO. The second-order valence-electron chi connectivity index (χ2n) is 4.51. The fourth-order valence-electron chi connectivity index (χ4n) is 2.02. The van der Waals surface area contributed by atoms with Crippen molar-refractivity contribution in [1.29, 1.82) is 0 Å². The Morgan fingerprint density at radius 1 is 1.31 bits per heavy atom. The predicted molar refractivity (Wildman–Crippen MR) is 56.0 cm³/mol. The van der Waals surface area contributed by atoms with Crippen LogP contribution in [0.2, 0.25) is 0 Å². The van der Waals surface area contributed by atoms with Gasteiger partial charge < -0.3 is 4.74 Å². The monoisotopic (exact) mass is 185 g/mol. The molecule has 1 atom stereocenters. The largest absolute Gasteiger partial charge is 0.377 e. The van der Waals surface area contributed by atoms with Crippen LogP contribution in [0, 0.1) is 0 Å². The molecule has 0 aliphatic carbocycles. The highest BCUT2D eigenvalue weighted by atomic mass is 16.5. The molecule has 0 aromatic rings. The number of hydrogen-bond acceptors (Lipinski definition) is 2.